The van der Waals surface area contributed by atoms with Crippen LogP contribution in [0, 0.1) is 5.92 Å². The third kappa shape index (κ3) is 5.53. The third-order valence-corrected chi connectivity index (χ3v) is 3.91. The second-order valence-corrected chi connectivity index (χ2v) is 7.42. The van der Waals surface area contributed by atoms with Crippen molar-refractivity contribution in [2.45, 2.75) is 39.2 Å². The number of rotatable bonds is 3. The van der Waals surface area contributed by atoms with Gasteiger partial charge in [0.15, 0.2) is 11.0 Å². The van der Waals surface area contributed by atoms with Gasteiger partial charge in [-0.2, -0.15) is 0 Å². The average Bonchev–Trinajstić information content (AvgIpc) is 2.46. The quantitative estimate of drug-likeness (QED) is 0.845. The molecule has 0 aromatic carbocycles. The van der Waals surface area contributed by atoms with Crippen LogP contribution in [-0.4, -0.2) is 53.5 Å². The van der Waals surface area contributed by atoms with Crippen molar-refractivity contribution < 1.29 is 9.53 Å². The van der Waals surface area contributed by atoms with E-state index < -0.39 is 5.60 Å². The Bertz CT molecular complexity index is 530. The van der Waals surface area contributed by atoms with Gasteiger partial charge in [-0.1, -0.05) is 11.6 Å². The predicted octanol–water partition coefficient (Wildman–Crippen LogP) is 3.21. The molecule has 1 aliphatic heterocycles. The van der Waals surface area contributed by atoms with Crippen molar-refractivity contribution in [2.24, 2.45) is 5.92 Å². The van der Waals surface area contributed by atoms with Gasteiger partial charge in [0.1, 0.15) is 5.60 Å². The molecule has 1 aromatic heterocycles. The number of nitrogens with zero attached hydrogens (tertiary/aromatic N) is 4. The van der Waals surface area contributed by atoms with Crippen LogP contribution in [0.4, 0.5) is 10.6 Å². The van der Waals surface area contributed by atoms with Crippen LogP contribution in [0.15, 0.2) is 12.1 Å². The summed E-state index contributed by atoms with van der Waals surface area (Å²) in [6, 6.07) is 3.58. The lowest BCUT2D eigenvalue weighted by Crippen LogP contribution is -2.45. The van der Waals surface area contributed by atoms with Crippen molar-refractivity contribution in [2.75, 3.05) is 31.6 Å². The molecule has 0 radical (unpaired) electrons. The Morgan fingerprint density at radius 2 is 2.17 bits per heavy atom. The number of amides is 1. The van der Waals surface area contributed by atoms with Gasteiger partial charge in [-0.05, 0) is 51.7 Å². The lowest BCUT2D eigenvalue weighted by Gasteiger charge is -2.35. The van der Waals surface area contributed by atoms with E-state index in [9.17, 15) is 4.79 Å². The Balaban J connectivity index is 1.90. The van der Waals surface area contributed by atoms with Gasteiger partial charge in [0.05, 0.1) is 0 Å². The summed E-state index contributed by atoms with van der Waals surface area (Å²) in [5.74, 6) is 1.17. The first-order chi connectivity index (χ1) is 10.7. The van der Waals surface area contributed by atoms with E-state index in [2.05, 4.69) is 10.2 Å². The smallest absolute Gasteiger partial charge is 0.410 e. The molecule has 7 heteroatoms. The highest BCUT2D eigenvalue weighted by atomic mass is 35.5. The van der Waals surface area contributed by atoms with Crippen LogP contribution >= 0.6 is 11.6 Å². The summed E-state index contributed by atoms with van der Waals surface area (Å²) in [4.78, 5) is 16.1. The minimum absolute atomic E-state index is 0.226. The number of carbonyl (C=O) groups excluding carboxylic acids is 1. The van der Waals surface area contributed by atoms with Gasteiger partial charge in [-0.15, -0.1) is 10.2 Å². The highest BCUT2D eigenvalue weighted by Crippen LogP contribution is 2.21. The summed E-state index contributed by atoms with van der Waals surface area (Å²) >= 11 is 5.76. The number of anilines is 1. The SMILES string of the molecule is CN(CC1CCCN(C(=O)OC(C)(C)C)C1)c1ccc(Cl)nn1. The average molecular weight is 341 g/mol. The van der Waals surface area contributed by atoms with Gasteiger partial charge in [0, 0.05) is 26.7 Å². The van der Waals surface area contributed by atoms with Crippen molar-refractivity contribution in [1.82, 2.24) is 15.1 Å². The number of halogens is 1. The normalized spacial score (nSPS) is 18.7. The van der Waals surface area contributed by atoms with Gasteiger partial charge in [-0.3, -0.25) is 0 Å². The molecule has 6 nitrogen and oxygen atoms in total. The summed E-state index contributed by atoms with van der Waals surface area (Å²) in [6.45, 7) is 7.95. The van der Waals surface area contributed by atoms with Crippen LogP contribution in [0.1, 0.15) is 33.6 Å². The van der Waals surface area contributed by atoms with E-state index in [-0.39, 0.29) is 6.09 Å². The van der Waals surface area contributed by atoms with E-state index in [4.69, 9.17) is 16.3 Å². The highest BCUT2D eigenvalue weighted by molar-refractivity contribution is 6.29. The van der Waals surface area contributed by atoms with Crippen LogP contribution < -0.4 is 4.90 Å². The third-order valence-electron chi connectivity index (χ3n) is 3.71. The van der Waals surface area contributed by atoms with E-state index in [1.165, 1.54) is 0 Å². The van der Waals surface area contributed by atoms with Gasteiger partial charge in [-0.25, -0.2) is 4.79 Å². The second-order valence-electron chi connectivity index (χ2n) is 7.03. The number of hydrogen-bond donors (Lipinski definition) is 0. The molecule has 0 saturated carbocycles. The molecule has 0 spiro atoms. The van der Waals surface area contributed by atoms with Gasteiger partial charge >= 0.3 is 6.09 Å². The molecule has 1 aliphatic rings. The van der Waals surface area contributed by atoms with Crippen LogP contribution in [0.2, 0.25) is 5.15 Å². The molecule has 2 heterocycles. The fourth-order valence-electron chi connectivity index (χ4n) is 2.70. The van der Waals surface area contributed by atoms with Gasteiger partial charge in [0.25, 0.3) is 0 Å². The summed E-state index contributed by atoms with van der Waals surface area (Å²) in [5.41, 5.74) is -0.459. The Labute approximate surface area is 142 Å². The second kappa shape index (κ2) is 7.34. The predicted molar refractivity (Wildman–Crippen MR) is 90.8 cm³/mol. The van der Waals surface area contributed by atoms with E-state index >= 15 is 0 Å². The zero-order chi connectivity index (χ0) is 17.0. The van der Waals surface area contributed by atoms with Gasteiger partial charge < -0.3 is 14.5 Å². The van der Waals surface area contributed by atoms with Crippen molar-refractivity contribution in [3.63, 3.8) is 0 Å². The first kappa shape index (κ1) is 17.8. The van der Waals surface area contributed by atoms with E-state index in [1.807, 2.05) is 38.8 Å². The molecule has 1 fully saturated rings. The molecule has 0 N–H and O–H groups in total. The maximum absolute atomic E-state index is 12.2. The lowest BCUT2D eigenvalue weighted by atomic mass is 9.98. The maximum Gasteiger partial charge on any atom is 0.410 e. The van der Waals surface area contributed by atoms with Crippen molar-refractivity contribution in [3.8, 4) is 0 Å². The highest BCUT2D eigenvalue weighted by Gasteiger charge is 2.28. The molecule has 1 aromatic rings. The largest absolute Gasteiger partial charge is 0.444 e. The molecule has 1 atom stereocenters. The molecule has 0 aliphatic carbocycles. The number of aromatic nitrogens is 2. The van der Waals surface area contributed by atoms with Crippen molar-refractivity contribution in [3.05, 3.63) is 17.3 Å². The summed E-state index contributed by atoms with van der Waals surface area (Å²) in [6.07, 6.45) is 1.85. The maximum atomic E-state index is 12.2. The van der Waals surface area contributed by atoms with Gasteiger partial charge in [0.2, 0.25) is 0 Å². The Hall–Kier alpha value is -1.56. The Kier molecular flexibility index (Phi) is 5.68. The number of piperidine rings is 1. The standard InChI is InChI=1S/C16H25ClN4O2/c1-16(2,3)23-15(22)21-9-5-6-12(11-21)10-20(4)14-8-7-13(17)18-19-14/h7-8,12H,5-6,9-11H2,1-4H3. The molecular weight excluding hydrogens is 316 g/mol. The fourth-order valence-corrected chi connectivity index (χ4v) is 2.80. The minimum atomic E-state index is -0.459. The monoisotopic (exact) mass is 340 g/mol. The van der Waals surface area contributed by atoms with E-state index in [0.29, 0.717) is 17.6 Å². The zero-order valence-corrected chi connectivity index (χ0v) is 15.0. The Morgan fingerprint density at radius 1 is 1.43 bits per heavy atom. The lowest BCUT2D eigenvalue weighted by molar-refractivity contribution is 0.0170. The molecule has 1 amide bonds. The summed E-state index contributed by atoms with van der Waals surface area (Å²) in [5, 5.41) is 8.34. The molecule has 0 bridgehead atoms. The first-order valence-corrected chi connectivity index (χ1v) is 8.31. The molecule has 2 rings (SSSR count). The molecular formula is C16H25ClN4O2. The zero-order valence-electron chi connectivity index (χ0n) is 14.3. The Morgan fingerprint density at radius 3 is 2.78 bits per heavy atom. The van der Waals surface area contributed by atoms with Crippen LogP contribution in [-0.2, 0) is 4.74 Å². The van der Waals surface area contributed by atoms with Crippen molar-refractivity contribution in [1.29, 1.82) is 0 Å². The topological polar surface area (TPSA) is 58.6 Å². The summed E-state index contributed by atoms with van der Waals surface area (Å²) < 4.78 is 5.46. The fraction of sp³-hybridized carbons (Fsp3) is 0.688. The number of likely N-dealkylation sites (tertiary alicyclic amines) is 1. The number of hydrogen-bond acceptors (Lipinski definition) is 5. The van der Waals surface area contributed by atoms with E-state index in [1.54, 1.807) is 11.0 Å². The van der Waals surface area contributed by atoms with Crippen LogP contribution in [0.3, 0.4) is 0 Å². The number of ether oxygens (including phenoxy) is 1. The van der Waals surface area contributed by atoms with Crippen molar-refractivity contribution >= 4 is 23.5 Å². The van der Waals surface area contributed by atoms with Crippen LogP contribution in [0.25, 0.3) is 0 Å². The summed E-state index contributed by atoms with van der Waals surface area (Å²) in [7, 11) is 1.98. The first-order valence-electron chi connectivity index (χ1n) is 7.93. The number of carbonyl (C=O) groups is 1. The van der Waals surface area contributed by atoms with Crippen LogP contribution in [0.5, 0.6) is 0 Å². The minimum Gasteiger partial charge on any atom is -0.444 e. The van der Waals surface area contributed by atoms with E-state index in [0.717, 1.165) is 31.7 Å². The molecule has 128 valence electrons. The molecule has 23 heavy (non-hydrogen) atoms. The molecule has 1 saturated heterocycles. The molecule has 1 unspecified atom stereocenters.